The first-order chi connectivity index (χ1) is 22.8. The third-order valence-corrected chi connectivity index (χ3v) is 14.5. The Bertz CT molecular complexity index is 1340. The fourth-order valence-corrected chi connectivity index (χ4v) is 9.97. The molecule has 6 atom stereocenters. The van der Waals surface area contributed by atoms with E-state index in [0.717, 1.165) is 32.1 Å². The third kappa shape index (κ3) is 7.71. The Morgan fingerprint density at radius 1 is 0.880 bits per heavy atom. The molecular weight excluding hydrogens is 655 g/mol. The minimum Gasteiger partial charge on any atom is -0.616 e. The average Bonchev–Trinajstić information content (AvgIpc) is 3.78. The van der Waals surface area contributed by atoms with Gasteiger partial charge in [-0.25, -0.2) is 4.79 Å². The maximum absolute atomic E-state index is 14.8. The van der Waals surface area contributed by atoms with Crippen LogP contribution < -0.4 is 21.3 Å². The van der Waals surface area contributed by atoms with E-state index in [1.165, 1.54) is 0 Å². The minimum atomic E-state index is -1.22. The van der Waals surface area contributed by atoms with Gasteiger partial charge in [0.05, 0.1) is 12.1 Å². The fraction of sp³-hybridized carbons (Fsp3) is 0.868. The van der Waals surface area contributed by atoms with Gasteiger partial charge in [-0.3, -0.25) is 19.2 Å². The van der Waals surface area contributed by atoms with Crippen molar-refractivity contribution >= 4 is 40.7 Å². The van der Waals surface area contributed by atoms with Gasteiger partial charge in [-0.1, -0.05) is 75.2 Å². The quantitative estimate of drug-likeness (QED) is 0.171. The fourth-order valence-electron chi connectivity index (χ4n) is 8.59. The van der Waals surface area contributed by atoms with Gasteiger partial charge in [-0.05, 0) is 92.1 Å². The van der Waals surface area contributed by atoms with Crippen molar-refractivity contribution in [2.45, 2.75) is 169 Å². The monoisotopic (exact) mass is 719 g/mol. The molecule has 1 heterocycles. The first-order valence-corrected chi connectivity index (χ1v) is 20.1. The Balaban J connectivity index is 1.60. The molecule has 4 fully saturated rings. The number of nitrogens with one attached hydrogen (secondary N) is 4. The minimum absolute atomic E-state index is 0.0151. The highest BCUT2D eigenvalue weighted by Crippen LogP contribution is 2.88. The van der Waals surface area contributed by atoms with Crippen molar-refractivity contribution in [2.24, 2.45) is 27.1 Å². The third-order valence-electron chi connectivity index (χ3n) is 12.5. The lowest BCUT2D eigenvalue weighted by atomic mass is 9.73. The highest BCUT2D eigenvalue weighted by atomic mass is 32.2. The van der Waals surface area contributed by atoms with Crippen LogP contribution in [0.5, 0.6) is 0 Å². The number of amides is 5. The lowest BCUT2D eigenvalue weighted by Crippen LogP contribution is -2.61. The number of hydrogen-bond donors (Lipinski definition) is 4. The van der Waals surface area contributed by atoms with Gasteiger partial charge in [0.25, 0.3) is 5.91 Å². The van der Waals surface area contributed by atoms with E-state index >= 15 is 0 Å². The largest absolute Gasteiger partial charge is 0.616 e. The van der Waals surface area contributed by atoms with Gasteiger partial charge in [0.15, 0.2) is 0 Å². The number of hydrogen-bond acceptors (Lipinski definition) is 6. The molecule has 3 aliphatic carbocycles. The number of ketones is 1. The lowest BCUT2D eigenvalue weighted by Gasteiger charge is -2.38. The summed E-state index contributed by atoms with van der Waals surface area (Å²) in [7, 11) is 0. The highest BCUT2D eigenvalue weighted by Gasteiger charge is 2.85. The standard InChI is InChI=1S/C38H65N5O6S/c1-13-15-24(27(44)30(46)39-23-16-17-23)40-29(45)25-20-38(36(11,12)37(38)18-14-19-37)22-43(25)31(47)28(34(5,6)7)42-32(48)41-26(33(2,3)4)21-50(49)35(8,9)10/h23-26,28H,13-22H2,1-12H3,(H,39,46)(H,40,45)(H2,41,42,48)/t24-,25+,26-,28+,38+,50?/m1/s1. The van der Waals surface area contributed by atoms with Crippen molar-refractivity contribution in [2.75, 3.05) is 12.3 Å². The smallest absolute Gasteiger partial charge is 0.315 e. The number of nitrogens with zero attached hydrogens (tertiary/aromatic N) is 1. The van der Waals surface area contributed by atoms with Gasteiger partial charge >= 0.3 is 6.03 Å². The van der Waals surface area contributed by atoms with Crippen molar-refractivity contribution in [3.63, 3.8) is 0 Å². The number of likely N-dealkylation sites (tertiary alicyclic amines) is 1. The van der Waals surface area contributed by atoms with E-state index in [1.807, 2.05) is 69.2 Å². The predicted octanol–water partition coefficient (Wildman–Crippen LogP) is 4.59. The molecular formula is C38H65N5O6S. The summed E-state index contributed by atoms with van der Waals surface area (Å²) in [6.45, 7) is 24.1. The summed E-state index contributed by atoms with van der Waals surface area (Å²) in [5.41, 5.74) is -1.42. The molecule has 2 spiro atoms. The SMILES string of the molecule is CCC[C@@H](NC(=O)[C@@H]1C[C@]2(CN1C(=O)[C@H](NC(=O)N[C@H](C[S+]([O-])C(C)(C)C)C(C)(C)C)C(C)(C)C)C(C)(C)C21CCC1)C(=O)C(=O)NC1CC1. The van der Waals surface area contributed by atoms with Crippen molar-refractivity contribution in [3.05, 3.63) is 0 Å². The number of fused-ring (bicyclic) bond motifs is 1. The second kappa shape index (κ2) is 13.9. The molecule has 284 valence electrons. The number of carbonyl (C=O) groups excluding carboxylic acids is 5. The average molecular weight is 720 g/mol. The Hall–Kier alpha value is -2.34. The highest BCUT2D eigenvalue weighted by molar-refractivity contribution is 7.92. The van der Waals surface area contributed by atoms with Crippen LogP contribution in [0.4, 0.5) is 4.79 Å². The van der Waals surface area contributed by atoms with E-state index in [9.17, 15) is 28.5 Å². The van der Waals surface area contributed by atoms with E-state index in [0.29, 0.717) is 25.8 Å². The molecule has 1 saturated heterocycles. The van der Waals surface area contributed by atoms with E-state index in [-0.39, 0.29) is 33.9 Å². The van der Waals surface area contributed by atoms with Crippen LogP contribution >= 0.6 is 0 Å². The van der Waals surface area contributed by atoms with Crippen LogP contribution in [0.2, 0.25) is 0 Å². The lowest BCUT2D eigenvalue weighted by molar-refractivity contribution is -0.144. The van der Waals surface area contributed by atoms with E-state index in [4.69, 9.17) is 0 Å². The first-order valence-electron chi connectivity index (χ1n) is 18.7. The summed E-state index contributed by atoms with van der Waals surface area (Å²) in [4.78, 5) is 70.4. The first kappa shape index (κ1) is 40.4. The summed E-state index contributed by atoms with van der Waals surface area (Å²) < 4.78 is 12.7. The molecule has 1 unspecified atom stereocenters. The topological polar surface area (TPSA) is 160 Å². The Morgan fingerprint density at radius 3 is 1.92 bits per heavy atom. The zero-order valence-corrected chi connectivity index (χ0v) is 33.6. The van der Waals surface area contributed by atoms with E-state index in [1.54, 1.807) is 4.90 Å². The second-order valence-corrected chi connectivity index (χ2v) is 21.5. The van der Waals surface area contributed by atoms with Crippen LogP contribution in [0.25, 0.3) is 0 Å². The molecule has 4 N–H and O–H groups in total. The van der Waals surface area contributed by atoms with Gasteiger partial charge in [0, 0.05) is 18.0 Å². The molecule has 0 bridgehead atoms. The Labute approximate surface area is 303 Å². The number of carbonyl (C=O) groups is 5. The van der Waals surface area contributed by atoms with Crippen molar-refractivity contribution in [1.82, 2.24) is 26.2 Å². The number of rotatable bonds is 12. The second-order valence-electron chi connectivity index (χ2n) is 19.3. The molecule has 50 heavy (non-hydrogen) atoms. The number of Topliss-reactive ketones (excluding diaryl/α,β-unsaturated/α-hetero) is 1. The van der Waals surface area contributed by atoms with Crippen LogP contribution in [-0.4, -0.2) is 86.2 Å². The summed E-state index contributed by atoms with van der Waals surface area (Å²) in [6, 6.07) is -3.76. The zero-order chi connectivity index (χ0) is 37.8. The van der Waals surface area contributed by atoms with Gasteiger partial charge < -0.3 is 30.7 Å². The van der Waals surface area contributed by atoms with Crippen molar-refractivity contribution < 1.29 is 28.5 Å². The van der Waals surface area contributed by atoms with Gasteiger partial charge in [-0.15, -0.1) is 0 Å². The molecule has 12 heteroatoms. The van der Waals surface area contributed by atoms with E-state index in [2.05, 4.69) is 35.1 Å². The van der Waals surface area contributed by atoms with Crippen LogP contribution in [0.1, 0.15) is 134 Å². The van der Waals surface area contributed by atoms with Crippen LogP contribution in [0.3, 0.4) is 0 Å². The predicted molar refractivity (Wildman–Crippen MR) is 197 cm³/mol. The summed E-state index contributed by atoms with van der Waals surface area (Å²) >= 11 is -1.22. The molecule has 5 amide bonds. The maximum Gasteiger partial charge on any atom is 0.315 e. The van der Waals surface area contributed by atoms with Crippen molar-refractivity contribution in [3.8, 4) is 0 Å². The Kier molecular flexibility index (Phi) is 11.2. The molecule has 4 rings (SSSR count). The van der Waals surface area contributed by atoms with Crippen molar-refractivity contribution in [1.29, 1.82) is 0 Å². The molecule has 11 nitrogen and oxygen atoms in total. The molecule has 1 aliphatic heterocycles. The molecule has 0 aromatic rings. The molecule has 0 radical (unpaired) electrons. The van der Waals surface area contributed by atoms with Crippen LogP contribution in [-0.2, 0) is 30.4 Å². The van der Waals surface area contributed by atoms with E-state index < -0.39 is 74.5 Å². The summed E-state index contributed by atoms with van der Waals surface area (Å²) in [5.74, 6) is -1.86. The maximum atomic E-state index is 14.8. The van der Waals surface area contributed by atoms with Gasteiger partial charge in [0.1, 0.15) is 22.6 Å². The summed E-state index contributed by atoms with van der Waals surface area (Å²) in [5, 5.41) is 11.6. The van der Waals surface area contributed by atoms with Crippen LogP contribution in [0.15, 0.2) is 0 Å². The zero-order valence-electron chi connectivity index (χ0n) is 32.8. The molecule has 4 aliphatic rings. The van der Waals surface area contributed by atoms with Crippen LogP contribution in [0, 0.1) is 27.1 Å². The van der Waals surface area contributed by atoms with Gasteiger partial charge in [-0.2, -0.15) is 0 Å². The molecule has 0 aromatic carbocycles. The van der Waals surface area contributed by atoms with Gasteiger partial charge in [0.2, 0.25) is 17.6 Å². The number of urea groups is 1. The molecule has 0 aromatic heterocycles. The summed E-state index contributed by atoms with van der Waals surface area (Å²) in [6.07, 6.45) is 6.25. The Morgan fingerprint density at radius 2 is 1.48 bits per heavy atom. The normalized spacial score (nSPS) is 26.3. The molecule has 3 saturated carbocycles.